The van der Waals surface area contributed by atoms with Crippen molar-refractivity contribution in [3.63, 3.8) is 0 Å². The van der Waals surface area contributed by atoms with Crippen molar-refractivity contribution < 1.29 is 5.11 Å². The van der Waals surface area contributed by atoms with E-state index in [1.165, 1.54) is 11.1 Å². The van der Waals surface area contributed by atoms with Gasteiger partial charge in [-0.3, -0.25) is 0 Å². The SMILES string of the molecule is OC[C@H]1CCCN1c1cc(N2CC=C(c3ccccc3)CC2)ncn1. The standard InChI is InChI=1S/C20H24N4O/c25-14-18-7-4-10-24(18)20-13-19(21-15-22-20)23-11-8-17(9-12-23)16-5-2-1-3-6-16/h1-3,5-6,8,13,15,18,25H,4,7,9-12,14H2/t18-/m1/s1. The Labute approximate surface area is 148 Å². The predicted molar refractivity (Wildman–Crippen MR) is 101 cm³/mol. The Morgan fingerprint density at radius 2 is 1.92 bits per heavy atom. The lowest BCUT2D eigenvalue weighted by Gasteiger charge is -2.29. The molecule has 130 valence electrons. The van der Waals surface area contributed by atoms with Crippen LogP contribution in [0, 0.1) is 0 Å². The number of hydrogen-bond acceptors (Lipinski definition) is 5. The van der Waals surface area contributed by atoms with E-state index < -0.39 is 0 Å². The molecule has 2 aliphatic rings. The summed E-state index contributed by atoms with van der Waals surface area (Å²) >= 11 is 0. The van der Waals surface area contributed by atoms with Gasteiger partial charge in [-0.15, -0.1) is 0 Å². The molecule has 0 amide bonds. The van der Waals surface area contributed by atoms with Crippen LogP contribution in [0.3, 0.4) is 0 Å². The highest BCUT2D eigenvalue weighted by atomic mass is 16.3. The molecule has 0 radical (unpaired) electrons. The number of aliphatic hydroxyl groups is 1. The Bertz CT molecular complexity index is 746. The summed E-state index contributed by atoms with van der Waals surface area (Å²) in [6, 6.07) is 12.8. The molecular weight excluding hydrogens is 312 g/mol. The quantitative estimate of drug-likeness (QED) is 0.930. The maximum Gasteiger partial charge on any atom is 0.134 e. The number of aromatic nitrogens is 2. The fraction of sp³-hybridized carbons (Fsp3) is 0.400. The summed E-state index contributed by atoms with van der Waals surface area (Å²) < 4.78 is 0. The van der Waals surface area contributed by atoms with Crippen LogP contribution in [-0.4, -0.2) is 47.4 Å². The summed E-state index contributed by atoms with van der Waals surface area (Å²) in [6.45, 7) is 2.97. The third kappa shape index (κ3) is 3.37. The van der Waals surface area contributed by atoms with Crippen LogP contribution in [0.15, 0.2) is 48.8 Å². The molecule has 1 fully saturated rings. The van der Waals surface area contributed by atoms with Gasteiger partial charge in [0.2, 0.25) is 0 Å². The monoisotopic (exact) mass is 336 g/mol. The van der Waals surface area contributed by atoms with Crippen molar-refractivity contribution >= 4 is 17.2 Å². The van der Waals surface area contributed by atoms with Gasteiger partial charge in [-0.05, 0) is 30.4 Å². The predicted octanol–water partition coefficient (Wildman–Crippen LogP) is 2.73. The van der Waals surface area contributed by atoms with E-state index in [2.05, 4.69) is 62.2 Å². The third-order valence-corrected chi connectivity index (χ3v) is 5.20. The van der Waals surface area contributed by atoms with Gasteiger partial charge in [0.25, 0.3) is 0 Å². The van der Waals surface area contributed by atoms with Crippen LogP contribution in [0.1, 0.15) is 24.8 Å². The molecule has 25 heavy (non-hydrogen) atoms. The second-order valence-electron chi connectivity index (χ2n) is 6.70. The molecule has 0 saturated carbocycles. The smallest absolute Gasteiger partial charge is 0.134 e. The molecule has 1 N–H and O–H groups in total. The molecule has 5 heteroatoms. The lowest BCUT2D eigenvalue weighted by Crippen LogP contribution is -2.33. The molecular formula is C20H24N4O. The molecule has 4 rings (SSSR count). The van der Waals surface area contributed by atoms with Crippen LogP contribution in [0.4, 0.5) is 11.6 Å². The average molecular weight is 336 g/mol. The molecule has 1 saturated heterocycles. The molecule has 1 aromatic heterocycles. The van der Waals surface area contributed by atoms with Gasteiger partial charge in [-0.25, -0.2) is 9.97 Å². The number of benzene rings is 1. The van der Waals surface area contributed by atoms with Crippen LogP contribution < -0.4 is 9.80 Å². The third-order valence-electron chi connectivity index (χ3n) is 5.20. The van der Waals surface area contributed by atoms with Crippen LogP contribution >= 0.6 is 0 Å². The molecule has 1 atom stereocenters. The zero-order chi connectivity index (χ0) is 17.1. The van der Waals surface area contributed by atoms with Gasteiger partial charge in [-0.1, -0.05) is 36.4 Å². The lowest BCUT2D eigenvalue weighted by molar-refractivity contribution is 0.266. The van der Waals surface area contributed by atoms with E-state index in [1.54, 1.807) is 6.33 Å². The molecule has 1 aromatic carbocycles. The molecule has 0 bridgehead atoms. The van der Waals surface area contributed by atoms with Gasteiger partial charge in [0.05, 0.1) is 12.6 Å². The highest BCUT2D eigenvalue weighted by molar-refractivity contribution is 5.68. The fourth-order valence-corrected chi connectivity index (χ4v) is 3.79. The molecule has 2 aromatic rings. The maximum absolute atomic E-state index is 9.55. The van der Waals surface area contributed by atoms with Gasteiger partial charge >= 0.3 is 0 Å². The summed E-state index contributed by atoms with van der Waals surface area (Å²) in [4.78, 5) is 13.4. The Balaban J connectivity index is 1.50. The van der Waals surface area contributed by atoms with E-state index in [9.17, 15) is 5.11 Å². The van der Waals surface area contributed by atoms with Gasteiger partial charge < -0.3 is 14.9 Å². The van der Waals surface area contributed by atoms with Crippen molar-refractivity contribution in [2.24, 2.45) is 0 Å². The Morgan fingerprint density at radius 1 is 1.08 bits per heavy atom. The number of aliphatic hydroxyl groups excluding tert-OH is 1. The van der Waals surface area contributed by atoms with Crippen molar-refractivity contribution in [2.75, 3.05) is 36.0 Å². The van der Waals surface area contributed by atoms with Gasteiger partial charge in [-0.2, -0.15) is 0 Å². The normalized spacial score (nSPS) is 20.7. The fourth-order valence-electron chi connectivity index (χ4n) is 3.79. The van der Waals surface area contributed by atoms with E-state index >= 15 is 0 Å². The number of rotatable bonds is 4. The van der Waals surface area contributed by atoms with E-state index in [1.807, 2.05) is 0 Å². The Hall–Kier alpha value is -2.40. The van der Waals surface area contributed by atoms with Crippen LogP contribution in [0.5, 0.6) is 0 Å². The topological polar surface area (TPSA) is 52.5 Å². The largest absolute Gasteiger partial charge is 0.394 e. The molecule has 0 aliphatic carbocycles. The first kappa shape index (κ1) is 16.1. The number of anilines is 2. The summed E-state index contributed by atoms with van der Waals surface area (Å²) in [7, 11) is 0. The van der Waals surface area contributed by atoms with Crippen molar-refractivity contribution in [1.82, 2.24) is 9.97 Å². The van der Waals surface area contributed by atoms with Gasteiger partial charge in [0, 0.05) is 25.7 Å². The molecule has 0 spiro atoms. The Kier molecular flexibility index (Phi) is 4.65. The van der Waals surface area contributed by atoms with Crippen LogP contribution in [0.2, 0.25) is 0 Å². The summed E-state index contributed by atoms with van der Waals surface area (Å²) in [5.74, 6) is 1.90. The molecule has 0 unspecified atom stereocenters. The van der Waals surface area contributed by atoms with Crippen LogP contribution in [0.25, 0.3) is 5.57 Å². The Morgan fingerprint density at radius 3 is 2.68 bits per heavy atom. The van der Waals surface area contributed by atoms with E-state index in [4.69, 9.17) is 0 Å². The first-order valence-corrected chi connectivity index (χ1v) is 9.04. The first-order valence-electron chi connectivity index (χ1n) is 9.04. The second-order valence-corrected chi connectivity index (χ2v) is 6.70. The second kappa shape index (κ2) is 7.23. The molecule has 5 nitrogen and oxygen atoms in total. The lowest BCUT2D eigenvalue weighted by atomic mass is 10.00. The maximum atomic E-state index is 9.55. The zero-order valence-electron chi connectivity index (χ0n) is 14.4. The van der Waals surface area contributed by atoms with E-state index in [-0.39, 0.29) is 12.6 Å². The summed E-state index contributed by atoms with van der Waals surface area (Å²) in [5, 5.41) is 9.55. The minimum absolute atomic E-state index is 0.187. The van der Waals surface area contributed by atoms with Crippen molar-refractivity contribution in [1.29, 1.82) is 0 Å². The van der Waals surface area contributed by atoms with E-state index in [0.717, 1.165) is 50.5 Å². The van der Waals surface area contributed by atoms with Gasteiger partial charge in [0.1, 0.15) is 18.0 Å². The molecule has 3 heterocycles. The average Bonchev–Trinajstić information content (AvgIpc) is 3.18. The van der Waals surface area contributed by atoms with Crippen molar-refractivity contribution in [2.45, 2.75) is 25.3 Å². The minimum atomic E-state index is 0.187. The van der Waals surface area contributed by atoms with Gasteiger partial charge in [0.15, 0.2) is 0 Å². The molecule has 2 aliphatic heterocycles. The zero-order valence-corrected chi connectivity index (χ0v) is 14.4. The number of nitrogens with zero attached hydrogens (tertiary/aromatic N) is 4. The van der Waals surface area contributed by atoms with Crippen LogP contribution in [-0.2, 0) is 0 Å². The first-order chi connectivity index (χ1) is 12.3. The van der Waals surface area contributed by atoms with Crippen molar-refractivity contribution in [3.05, 3.63) is 54.4 Å². The number of hydrogen-bond donors (Lipinski definition) is 1. The summed E-state index contributed by atoms with van der Waals surface area (Å²) in [5.41, 5.74) is 2.72. The van der Waals surface area contributed by atoms with E-state index in [0.29, 0.717) is 0 Å². The highest BCUT2D eigenvalue weighted by Crippen LogP contribution is 2.28. The summed E-state index contributed by atoms with van der Waals surface area (Å²) in [6.07, 6.45) is 7.10. The highest BCUT2D eigenvalue weighted by Gasteiger charge is 2.25. The van der Waals surface area contributed by atoms with Crippen molar-refractivity contribution in [3.8, 4) is 0 Å². The minimum Gasteiger partial charge on any atom is -0.394 e.